The summed E-state index contributed by atoms with van der Waals surface area (Å²) in [6.07, 6.45) is 3.61. The van der Waals surface area contributed by atoms with Gasteiger partial charge in [-0.3, -0.25) is 0 Å². The van der Waals surface area contributed by atoms with Crippen LogP contribution in [0.3, 0.4) is 0 Å². The van der Waals surface area contributed by atoms with Gasteiger partial charge >= 0.3 is 0 Å². The van der Waals surface area contributed by atoms with Crippen LogP contribution >= 0.6 is 0 Å². The van der Waals surface area contributed by atoms with Gasteiger partial charge in [-0.15, -0.1) is 0 Å². The highest BCUT2D eigenvalue weighted by molar-refractivity contribution is 7.92. The third-order valence-electron chi connectivity index (χ3n) is 3.55. The molecule has 1 aliphatic rings. The van der Waals surface area contributed by atoms with Crippen molar-refractivity contribution in [3.05, 3.63) is 35.4 Å². The molecule has 0 saturated heterocycles. The fourth-order valence-electron chi connectivity index (χ4n) is 2.44. The smallest absolute Gasteiger partial charge is 0.157 e. The molecule has 1 aromatic carbocycles. The van der Waals surface area contributed by atoms with E-state index in [0.717, 1.165) is 30.4 Å². The minimum atomic E-state index is -3.02. The molecule has 0 atom stereocenters. The molecule has 0 bridgehead atoms. The highest BCUT2D eigenvalue weighted by atomic mass is 32.2. The van der Waals surface area contributed by atoms with Gasteiger partial charge in [-0.2, -0.15) is 0 Å². The van der Waals surface area contributed by atoms with Gasteiger partial charge in [0.15, 0.2) is 9.84 Å². The van der Waals surface area contributed by atoms with Crippen LogP contribution in [0.15, 0.2) is 24.3 Å². The molecule has 0 spiro atoms. The van der Waals surface area contributed by atoms with Gasteiger partial charge in [0, 0.05) is 11.8 Å². The van der Waals surface area contributed by atoms with Gasteiger partial charge in [0.05, 0.1) is 4.75 Å². The Hall–Kier alpha value is -0.870. The fourth-order valence-corrected chi connectivity index (χ4v) is 3.85. The molecular formula is C14H21NO2S. The Morgan fingerprint density at radius 2 is 1.72 bits per heavy atom. The van der Waals surface area contributed by atoms with Gasteiger partial charge in [0.25, 0.3) is 0 Å². The first-order valence-electron chi connectivity index (χ1n) is 6.22. The Balaban J connectivity index is 2.24. The van der Waals surface area contributed by atoms with E-state index in [0.29, 0.717) is 0 Å². The van der Waals surface area contributed by atoms with Crippen LogP contribution in [-0.2, 0) is 21.0 Å². The summed E-state index contributed by atoms with van der Waals surface area (Å²) >= 11 is 0. The molecule has 1 aliphatic carbocycles. The molecule has 0 aliphatic heterocycles. The second-order valence-corrected chi connectivity index (χ2v) is 8.45. The van der Waals surface area contributed by atoms with Crippen molar-refractivity contribution in [1.82, 2.24) is 0 Å². The molecule has 0 aromatic heterocycles. The Labute approximate surface area is 109 Å². The lowest BCUT2D eigenvalue weighted by Gasteiger charge is -2.19. The van der Waals surface area contributed by atoms with Crippen LogP contribution in [0.2, 0.25) is 0 Å². The SMILES string of the molecule is CC(C)(N)Cc1ccc(C2(S(C)(=O)=O)CC2)cc1. The summed E-state index contributed by atoms with van der Waals surface area (Å²) in [7, 11) is -3.02. The Morgan fingerprint density at radius 1 is 1.22 bits per heavy atom. The number of hydrogen-bond acceptors (Lipinski definition) is 3. The predicted octanol–water partition coefficient (Wildman–Crippen LogP) is 2.00. The summed E-state index contributed by atoms with van der Waals surface area (Å²) in [5.41, 5.74) is 7.81. The van der Waals surface area contributed by atoms with E-state index in [1.165, 1.54) is 6.26 Å². The lowest BCUT2D eigenvalue weighted by Crippen LogP contribution is -2.34. The molecule has 3 nitrogen and oxygen atoms in total. The summed E-state index contributed by atoms with van der Waals surface area (Å²) in [4.78, 5) is 0. The summed E-state index contributed by atoms with van der Waals surface area (Å²) in [5.74, 6) is 0. The van der Waals surface area contributed by atoms with E-state index in [2.05, 4.69) is 0 Å². The Morgan fingerprint density at radius 3 is 2.06 bits per heavy atom. The normalized spacial score (nSPS) is 18.7. The number of benzene rings is 1. The summed E-state index contributed by atoms with van der Waals surface area (Å²) in [6, 6.07) is 7.87. The average Bonchev–Trinajstić information content (AvgIpc) is 2.95. The van der Waals surface area contributed by atoms with Crippen molar-refractivity contribution in [2.75, 3.05) is 6.26 Å². The standard InChI is InChI=1S/C14H21NO2S/c1-13(2,15)10-11-4-6-12(7-5-11)14(8-9-14)18(3,16)17/h4-7H,8-10,15H2,1-3H3. The van der Waals surface area contributed by atoms with Crippen molar-refractivity contribution in [2.45, 2.75) is 43.4 Å². The molecule has 100 valence electrons. The van der Waals surface area contributed by atoms with Crippen molar-refractivity contribution in [2.24, 2.45) is 5.73 Å². The van der Waals surface area contributed by atoms with Gasteiger partial charge in [-0.05, 0) is 44.2 Å². The first-order chi connectivity index (χ1) is 8.14. The van der Waals surface area contributed by atoms with Gasteiger partial charge in [0.1, 0.15) is 0 Å². The number of nitrogens with two attached hydrogens (primary N) is 1. The highest BCUT2D eigenvalue weighted by Gasteiger charge is 2.53. The zero-order valence-electron chi connectivity index (χ0n) is 11.2. The van der Waals surface area contributed by atoms with E-state index in [9.17, 15) is 8.42 Å². The second kappa shape index (κ2) is 4.07. The van der Waals surface area contributed by atoms with Gasteiger partial charge < -0.3 is 5.73 Å². The molecule has 0 amide bonds. The maximum Gasteiger partial charge on any atom is 0.157 e. The molecule has 4 heteroatoms. The minimum Gasteiger partial charge on any atom is -0.325 e. The molecule has 0 unspecified atom stereocenters. The van der Waals surface area contributed by atoms with Crippen molar-refractivity contribution in [3.63, 3.8) is 0 Å². The topological polar surface area (TPSA) is 60.2 Å². The third-order valence-corrected chi connectivity index (χ3v) is 5.62. The molecule has 2 N–H and O–H groups in total. The molecule has 0 heterocycles. The van der Waals surface area contributed by atoms with E-state index < -0.39 is 14.6 Å². The third kappa shape index (κ3) is 2.59. The number of rotatable bonds is 4. The van der Waals surface area contributed by atoms with Crippen LogP contribution in [0.25, 0.3) is 0 Å². The van der Waals surface area contributed by atoms with Crippen LogP contribution in [0.1, 0.15) is 37.8 Å². The lowest BCUT2D eigenvalue weighted by atomic mass is 9.95. The quantitative estimate of drug-likeness (QED) is 0.907. The van der Waals surface area contributed by atoms with Crippen molar-refractivity contribution < 1.29 is 8.42 Å². The number of sulfone groups is 1. The van der Waals surface area contributed by atoms with Crippen LogP contribution in [0.4, 0.5) is 0 Å². The molecule has 1 aromatic rings. The molecule has 0 radical (unpaired) electrons. The van der Waals surface area contributed by atoms with E-state index in [-0.39, 0.29) is 5.54 Å². The maximum absolute atomic E-state index is 11.8. The second-order valence-electron chi connectivity index (χ2n) is 6.13. The number of hydrogen-bond donors (Lipinski definition) is 1. The Kier molecular flexibility index (Phi) is 3.06. The molecule has 18 heavy (non-hydrogen) atoms. The lowest BCUT2D eigenvalue weighted by molar-refractivity contribution is 0.516. The van der Waals surface area contributed by atoms with Crippen LogP contribution < -0.4 is 5.73 Å². The predicted molar refractivity (Wildman–Crippen MR) is 74.2 cm³/mol. The van der Waals surface area contributed by atoms with E-state index >= 15 is 0 Å². The van der Waals surface area contributed by atoms with Gasteiger partial charge in [-0.25, -0.2) is 8.42 Å². The monoisotopic (exact) mass is 267 g/mol. The summed E-state index contributed by atoms with van der Waals surface area (Å²) in [6.45, 7) is 3.97. The van der Waals surface area contributed by atoms with Crippen molar-refractivity contribution >= 4 is 9.84 Å². The van der Waals surface area contributed by atoms with E-state index in [1.54, 1.807) is 0 Å². The first-order valence-corrected chi connectivity index (χ1v) is 8.11. The largest absolute Gasteiger partial charge is 0.325 e. The van der Waals surface area contributed by atoms with Gasteiger partial charge in [0.2, 0.25) is 0 Å². The molecule has 2 rings (SSSR count). The van der Waals surface area contributed by atoms with E-state index in [4.69, 9.17) is 5.73 Å². The zero-order valence-corrected chi connectivity index (χ0v) is 12.0. The molecular weight excluding hydrogens is 246 g/mol. The first kappa shape index (κ1) is 13.6. The molecule has 1 saturated carbocycles. The van der Waals surface area contributed by atoms with Crippen LogP contribution in [0, 0.1) is 0 Å². The Bertz CT molecular complexity index is 534. The maximum atomic E-state index is 11.8. The highest BCUT2D eigenvalue weighted by Crippen LogP contribution is 2.52. The van der Waals surface area contributed by atoms with E-state index in [1.807, 2.05) is 38.1 Å². The van der Waals surface area contributed by atoms with Crippen molar-refractivity contribution in [3.8, 4) is 0 Å². The zero-order chi connectivity index (χ0) is 13.6. The van der Waals surface area contributed by atoms with Crippen molar-refractivity contribution in [1.29, 1.82) is 0 Å². The fraction of sp³-hybridized carbons (Fsp3) is 0.571. The summed E-state index contributed by atoms with van der Waals surface area (Å²) in [5, 5.41) is 0. The van der Waals surface area contributed by atoms with Gasteiger partial charge in [-0.1, -0.05) is 24.3 Å². The minimum absolute atomic E-state index is 0.240. The average molecular weight is 267 g/mol. The molecule has 1 fully saturated rings. The van der Waals surface area contributed by atoms with Crippen LogP contribution in [0.5, 0.6) is 0 Å². The summed E-state index contributed by atoms with van der Waals surface area (Å²) < 4.78 is 23.0. The van der Waals surface area contributed by atoms with Crippen LogP contribution in [-0.4, -0.2) is 20.2 Å².